The van der Waals surface area contributed by atoms with Gasteiger partial charge in [0.05, 0.1) is 0 Å². The second kappa shape index (κ2) is 2.08. The number of hydrogen-bond acceptors (Lipinski definition) is 4. The topological polar surface area (TPSA) is 47.9 Å². The Morgan fingerprint density at radius 2 is 1.85 bits per heavy atom. The fourth-order valence-electron chi connectivity index (χ4n) is 2.20. The molecular weight excluding hydrogens is 172 g/mol. The van der Waals surface area contributed by atoms with E-state index >= 15 is 0 Å². The number of aliphatic hydroxyl groups excluding tert-OH is 1. The van der Waals surface area contributed by atoms with Gasteiger partial charge in [0.2, 0.25) is 0 Å². The molecule has 74 valence electrons. The predicted molar refractivity (Wildman–Crippen MR) is 42.9 cm³/mol. The van der Waals surface area contributed by atoms with Gasteiger partial charge in [0.25, 0.3) is 0 Å². The van der Waals surface area contributed by atoms with Crippen molar-refractivity contribution in [3.8, 4) is 0 Å². The van der Waals surface area contributed by atoms with E-state index in [1.807, 2.05) is 13.8 Å². The molecule has 0 aromatic heterocycles. The van der Waals surface area contributed by atoms with Crippen LogP contribution in [0.25, 0.3) is 0 Å². The van der Waals surface area contributed by atoms with E-state index in [-0.39, 0.29) is 18.0 Å². The van der Waals surface area contributed by atoms with Gasteiger partial charge in [-0.3, -0.25) is 0 Å². The molecular formula is C9H14O4. The van der Waals surface area contributed by atoms with Crippen LogP contribution < -0.4 is 0 Å². The zero-order chi connectivity index (χ0) is 9.27. The first-order valence-corrected chi connectivity index (χ1v) is 4.74. The molecule has 3 aliphatic rings. The second-order valence-corrected chi connectivity index (χ2v) is 4.60. The van der Waals surface area contributed by atoms with E-state index in [1.165, 1.54) is 0 Å². The van der Waals surface area contributed by atoms with Gasteiger partial charge in [-0.05, 0) is 26.7 Å². The third-order valence-electron chi connectivity index (χ3n) is 3.03. The average molecular weight is 186 g/mol. The lowest BCUT2D eigenvalue weighted by molar-refractivity contribution is -0.220. The maximum absolute atomic E-state index is 9.89. The smallest absolute Gasteiger partial charge is 0.190 e. The van der Waals surface area contributed by atoms with E-state index in [1.54, 1.807) is 0 Å². The quantitative estimate of drug-likeness (QED) is 0.594. The number of rotatable bonds is 0. The van der Waals surface area contributed by atoms with Crippen molar-refractivity contribution in [1.82, 2.24) is 0 Å². The van der Waals surface area contributed by atoms with Gasteiger partial charge in [-0.15, -0.1) is 0 Å². The Bertz CT molecular complexity index is 246. The Morgan fingerprint density at radius 3 is 2.38 bits per heavy atom. The number of fused-ring (bicyclic) bond motifs is 1. The van der Waals surface area contributed by atoms with E-state index in [0.29, 0.717) is 0 Å². The van der Waals surface area contributed by atoms with Crippen molar-refractivity contribution in [3.05, 3.63) is 0 Å². The summed E-state index contributed by atoms with van der Waals surface area (Å²) in [5.41, 5.74) is -0.328. The van der Waals surface area contributed by atoms with Crippen LogP contribution in [0, 0.1) is 0 Å². The molecule has 2 heterocycles. The van der Waals surface area contributed by atoms with Gasteiger partial charge < -0.3 is 19.3 Å². The maximum Gasteiger partial charge on any atom is 0.190 e. The summed E-state index contributed by atoms with van der Waals surface area (Å²) in [6, 6.07) is 0. The minimum atomic E-state index is -0.618. The van der Waals surface area contributed by atoms with E-state index in [0.717, 1.165) is 12.8 Å². The van der Waals surface area contributed by atoms with Crippen LogP contribution in [0.3, 0.4) is 0 Å². The lowest BCUT2D eigenvalue weighted by atomic mass is 10.1. The molecule has 3 rings (SSSR count). The first-order valence-electron chi connectivity index (χ1n) is 4.74. The fourth-order valence-corrected chi connectivity index (χ4v) is 2.20. The van der Waals surface area contributed by atoms with Gasteiger partial charge >= 0.3 is 0 Å². The molecule has 2 saturated heterocycles. The van der Waals surface area contributed by atoms with E-state index in [4.69, 9.17) is 14.2 Å². The molecule has 4 heteroatoms. The summed E-state index contributed by atoms with van der Waals surface area (Å²) >= 11 is 0. The summed E-state index contributed by atoms with van der Waals surface area (Å²) in [5.74, 6) is -0.618. The summed E-state index contributed by atoms with van der Waals surface area (Å²) in [5, 5.41) is 9.89. The van der Waals surface area contributed by atoms with Crippen molar-refractivity contribution in [2.45, 2.75) is 56.6 Å². The molecule has 1 aliphatic carbocycles. The Labute approximate surface area is 76.8 Å². The van der Waals surface area contributed by atoms with E-state index in [9.17, 15) is 5.11 Å². The Balaban J connectivity index is 1.83. The zero-order valence-corrected chi connectivity index (χ0v) is 7.82. The molecule has 3 fully saturated rings. The van der Waals surface area contributed by atoms with Gasteiger partial charge in [0, 0.05) is 0 Å². The molecule has 1 N–H and O–H groups in total. The molecule has 0 amide bonds. The van der Waals surface area contributed by atoms with Crippen molar-refractivity contribution < 1.29 is 19.3 Å². The molecule has 2 aliphatic heterocycles. The largest absolute Gasteiger partial charge is 0.387 e. The zero-order valence-electron chi connectivity index (χ0n) is 7.82. The SMILES string of the molecule is CC1(C)OC2OC3(CC3)C(O)C2O1. The van der Waals surface area contributed by atoms with Crippen LogP contribution in [0.15, 0.2) is 0 Å². The lowest BCUT2D eigenvalue weighted by Gasteiger charge is -2.22. The minimum Gasteiger partial charge on any atom is -0.387 e. The monoisotopic (exact) mass is 186 g/mol. The molecule has 1 spiro atoms. The van der Waals surface area contributed by atoms with E-state index < -0.39 is 11.9 Å². The maximum atomic E-state index is 9.89. The molecule has 3 unspecified atom stereocenters. The van der Waals surface area contributed by atoms with Gasteiger partial charge in [0.15, 0.2) is 12.1 Å². The first-order chi connectivity index (χ1) is 6.03. The molecule has 0 radical (unpaired) electrons. The summed E-state index contributed by atoms with van der Waals surface area (Å²) in [6.45, 7) is 3.67. The normalized spacial score (nSPS) is 49.6. The summed E-state index contributed by atoms with van der Waals surface area (Å²) in [7, 11) is 0. The summed E-state index contributed by atoms with van der Waals surface area (Å²) < 4.78 is 16.7. The van der Waals surface area contributed by atoms with Gasteiger partial charge in [-0.1, -0.05) is 0 Å². The van der Waals surface area contributed by atoms with Crippen molar-refractivity contribution in [1.29, 1.82) is 0 Å². The van der Waals surface area contributed by atoms with Crippen LogP contribution in [0.2, 0.25) is 0 Å². The van der Waals surface area contributed by atoms with E-state index in [2.05, 4.69) is 0 Å². The van der Waals surface area contributed by atoms with Crippen molar-refractivity contribution >= 4 is 0 Å². The van der Waals surface area contributed by atoms with Gasteiger partial charge in [-0.2, -0.15) is 0 Å². The highest BCUT2D eigenvalue weighted by molar-refractivity contribution is 5.11. The predicted octanol–water partition coefficient (Wildman–Crippen LogP) is 0.388. The number of aliphatic hydroxyl groups is 1. The number of hydrogen-bond donors (Lipinski definition) is 1. The highest BCUT2D eigenvalue weighted by Gasteiger charge is 2.66. The first kappa shape index (κ1) is 8.17. The summed E-state index contributed by atoms with van der Waals surface area (Å²) in [6.07, 6.45) is 0.673. The summed E-state index contributed by atoms with van der Waals surface area (Å²) in [4.78, 5) is 0. The molecule has 1 saturated carbocycles. The third-order valence-corrected chi connectivity index (χ3v) is 3.03. The highest BCUT2D eigenvalue weighted by Crippen LogP contribution is 2.53. The van der Waals surface area contributed by atoms with Crippen LogP contribution in [0.4, 0.5) is 0 Å². The van der Waals surface area contributed by atoms with Gasteiger partial charge in [0.1, 0.15) is 17.8 Å². The molecule has 0 aromatic carbocycles. The molecule has 0 aromatic rings. The van der Waals surface area contributed by atoms with Crippen LogP contribution >= 0.6 is 0 Å². The minimum absolute atomic E-state index is 0.294. The fraction of sp³-hybridized carbons (Fsp3) is 1.00. The molecule has 3 atom stereocenters. The van der Waals surface area contributed by atoms with Crippen molar-refractivity contribution in [2.24, 2.45) is 0 Å². The molecule has 0 bridgehead atoms. The Morgan fingerprint density at radius 1 is 1.15 bits per heavy atom. The van der Waals surface area contributed by atoms with Crippen LogP contribution in [0.1, 0.15) is 26.7 Å². The van der Waals surface area contributed by atoms with Gasteiger partial charge in [-0.25, -0.2) is 0 Å². The molecule has 4 nitrogen and oxygen atoms in total. The van der Waals surface area contributed by atoms with Crippen molar-refractivity contribution in [2.75, 3.05) is 0 Å². The Kier molecular flexibility index (Phi) is 1.31. The van der Waals surface area contributed by atoms with Crippen LogP contribution in [-0.2, 0) is 14.2 Å². The highest BCUT2D eigenvalue weighted by atomic mass is 16.8. The average Bonchev–Trinajstić information content (AvgIpc) is 2.67. The van der Waals surface area contributed by atoms with Crippen molar-refractivity contribution in [3.63, 3.8) is 0 Å². The Hall–Kier alpha value is -0.160. The molecule has 13 heavy (non-hydrogen) atoms. The standard InChI is InChI=1S/C9H14O4/c1-8(2)11-5-6(10)9(3-4-9)13-7(5)12-8/h5-7,10H,3-4H2,1-2H3. The second-order valence-electron chi connectivity index (χ2n) is 4.60. The number of ether oxygens (including phenoxy) is 3. The van der Waals surface area contributed by atoms with Crippen LogP contribution in [-0.4, -0.2) is 35.0 Å². The third kappa shape index (κ3) is 1.00. The van der Waals surface area contributed by atoms with Crippen LogP contribution in [0.5, 0.6) is 0 Å². The lowest BCUT2D eigenvalue weighted by Crippen LogP contribution is -2.35.